The third-order valence-electron chi connectivity index (χ3n) is 4.57. The topological polar surface area (TPSA) is 92.8 Å². The van der Waals surface area contributed by atoms with E-state index < -0.39 is 4.92 Å². The number of carbonyl (C=O) groups excluding carboxylic acids is 1. The fraction of sp³-hybridized carbons (Fsp3) is 0.190. The molecule has 0 atom stereocenters. The second-order valence-corrected chi connectivity index (χ2v) is 6.24. The number of rotatable bonds is 7. The van der Waals surface area contributed by atoms with Gasteiger partial charge in [0.2, 0.25) is 5.75 Å². The molecule has 0 spiro atoms. The van der Waals surface area contributed by atoms with E-state index in [1.165, 1.54) is 33.5 Å². The number of methoxy groups -OCH3 is 3. The van der Waals surface area contributed by atoms with E-state index >= 15 is 0 Å². The molecule has 8 heteroatoms. The molecule has 0 aliphatic rings. The molecule has 29 heavy (non-hydrogen) atoms. The molecule has 8 nitrogen and oxygen atoms in total. The van der Waals surface area contributed by atoms with Crippen LogP contribution in [0.2, 0.25) is 0 Å². The van der Waals surface area contributed by atoms with Gasteiger partial charge in [0.15, 0.2) is 17.3 Å². The number of para-hydroxylation sites is 1. The molecule has 0 amide bonds. The number of aryl methyl sites for hydroxylation is 1. The summed E-state index contributed by atoms with van der Waals surface area (Å²) in [6.07, 6.45) is 4.79. The Morgan fingerprint density at radius 1 is 1.10 bits per heavy atom. The number of fused-ring (bicyclic) bond motifs is 1. The fourth-order valence-electron chi connectivity index (χ4n) is 3.24. The van der Waals surface area contributed by atoms with Gasteiger partial charge in [0.05, 0.1) is 26.3 Å². The highest BCUT2D eigenvalue weighted by molar-refractivity contribution is 6.08. The lowest BCUT2D eigenvalue weighted by Gasteiger charge is -2.13. The van der Waals surface area contributed by atoms with Crippen LogP contribution in [0.4, 0.5) is 5.69 Å². The first kappa shape index (κ1) is 19.9. The number of nitro groups is 1. The number of carbonyl (C=O) groups is 1. The van der Waals surface area contributed by atoms with Crippen molar-refractivity contribution in [1.82, 2.24) is 4.57 Å². The molecule has 0 aliphatic heterocycles. The van der Waals surface area contributed by atoms with Crippen molar-refractivity contribution in [1.29, 1.82) is 0 Å². The quantitative estimate of drug-likeness (QED) is 0.259. The van der Waals surface area contributed by atoms with Crippen molar-refractivity contribution in [3.63, 3.8) is 0 Å². The minimum atomic E-state index is -0.420. The van der Waals surface area contributed by atoms with E-state index in [-0.39, 0.29) is 11.5 Å². The van der Waals surface area contributed by atoms with Crippen LogP contribution < -0.4 is 14.2 Å². The van der Waals surface area contributed by atoms with E-state index in [1.54, 1.807) is 48.2 Å². The minimum Gasteiger partial charge on any atom is -0.493 e. The summed E-state index contributed by atoms with van der Waals surface area (Å²) < 4.78 is 17.5. The van der Waals surface area contributed by atoms with Gasteiger partial charge in [-0.2, -0.15) is 0 Å². The standard InChI is InChI=1S/C21H20N2O6/c1-22-12-13(15-6-5-7-16(20(15)22)23(25)26)8-9-17(24)14-10-18(27-2)21(29-4)19(11-14)28-3/h5-12H,1-4H3/b9-8+. The number of hydrogen-bond acceptors (Lipinski definition) is 6. The number of nitro benzene ring substituents is 1. The highest BCUT2D eigenvalue weighted by atomic mass is 16.6. The second-order valence-electron chi connectivity index (χ2n) is 6.24. The van der Waals surface area contributed by atoms with Gasteiger partial charge in [0.1, 0.15) is 5.52 Å². The zero-order chi connectivity index (χ0) is 21.1. The Labute approximate surface area is 167 Å². The van der Waals surface area contributed by atoms with Crippen molar-refractivity contribution in [2.45, 2.75) is 0 Å². The summed E-state index contributed by atoms with van der Waals surface area (Å²) in [7, 11) is 6.17. The maximum atomic E-state index is 12.7. The van der Waals surface area contributed by atoms with Crippen LogP contribution in [-0.4, -0.2) is 36.6 Å². The zero-order valence-electron chi connectivity index (χ0n) is 16.5. The summed E-state index contributed by atoms with van der Waals surface area (Å²) in [6, 6.07) is 8.01. The van der Waals surface area contributed by atoms with Crippen LogP contribution in [0.5, 0.6) is 17.2 Å². The molecule has 3 aromatic rings. The zero-order valence-corrected chi connectivity index (χ0v) is 16.5. The van der Waals surface area contributed by atoms with Gasteiger partial charge >= 0.3 is 0 Å². The van der Waals surface area contributed by atoms with Gasteiger partial charge < -0.3 is 18.8 Å². The summed E-state index contributed by atoms with van der Waals surface area (Å²) >= 11 is 0. The maximum Gasteiger partial charge on any atom is 0.293 e. The van der Waals surface area contributed by atoms with Crippen LogP contribution in [0.25, 0.3) is 17.0 Å². The van der Waals surface area contributed by atoms with Crippen molar-refractivity contribution in [3.05, 3.63) is 63.8 Å². The van der Waals surface area contributed by atoms with E-state index in [4.69, 9.17) is 14.2 Å². The lowest BCUT2D eigenvalue weighted by Crippen LogP contribution is -2.00. The first-order valence-electron chi connectivity index (χ1n) is 8.66. The smallest absolute Gasteiger partial charge is 0.293 e. The summed E-state index contributed by atoms with van der Waals surface area (Å²) in [5.41, 5.74) is 1.58. The van der Waals surface area contributed by atoms with Gasteiger partial charge in [0.25, 0.3) is 5.69 Å². The average Bonchev–Trinajstić information content (AvgIpc) is 3.06. The van der Waals surface area contributed by atoms with Crippen LogP contribution in [0.3, 0.4) is 0 Å². The number of benzene rings is 2. The maximum absolute atomic E-state index is 12.7. The van der Waals surface area contributed by atoms with Crippen LogP contribution in [0, 0.1) is 10.1 Å². The molecule has 0 saturated carbocycles. The predicted molar refractivity (Wildman–Crippen MR) is 109 cm³/mol. The number of ketones is 1. The van der Waals surface area contributed by atoms with Crippen LogP contribution in [0.1, 0.15) is 15.9 Å². The Bertz CT molecular complexity index is 1100. The minimum absolute atomic E-state index is 0.0144. The third kappa shape index (κ3) is 3.64. The second kappa shape index (κ2) is 8.05. The van der Waals surface area contributed by atoms with Gasteiger partial charge in [-0.25, -0.2) is 0 Å². The van der Waals surface area contributed by atoms with Crippen LogP contribution in [-0.2, 0) is 7.05 Å². The summed E-state index contributed by atoms with van der Waals surface area (Å²) in [5, 5.41) is 12.0. The number of ether oxygens (including phenoxy) is 3. The largest absolute Gasteiger partial charge is 0.493 e. The lowest BCUT2D eigenvalue weighted by atomic mass is 10.1. The monoisotopic (exact) mass is 396 g/mol. The first-order valence-corrected chi connectivity index (χ1v) is 8.66. The molecule has 150 valence electrons. The lowest BCUT2D eigenvalue weighted by molar-refractivity contribution is -0.383. The van der Waals surface area contributed by atoms with Crippen LogP contribution in [0.15, 0.2) is 42.6 Å². The Morgan fingerprint density at radius 2 is 1.76 bits per heavy atom. The van der Waals surface area contributed by atoms with Crippen molar-refractivity contribution in [3.8, 4) is 17.2 Å². The highest BCUT2D eigenvalue weighted by Gasteiger charge is 2.18. The van der Waals surface area contributed by atoms with Gasteiger partial charge in [-0.1, -0.05) is 12.1 Å². The van der Waals surface area contributed by atoms with Crippen LogP contribution >= 0.6 is 0 Å². The van der Waals surface area contributed by atoms with Gasteiger partial charge in [-0.05, 0) is 24.3 Å². The molecule has 1 heterocycles. The summed E-state index contributed by atoms with van der Waals surface area (Å²) in [6.45, 7) is 0. The summed E-state index contributed by atoms with van der Waals surface area (Å²) in [5.74, 6) is 0.886. The molecule has 2 aromatic carbocycles. The molecule has 0 N–H and O–H groups in total. The Morgan fingerprint density at radius 3 is 2.31 bits per heavy atom. The van der Waals surface area contributed by atoms with E-state index in [1.807, 2.05) is 0 Å². The van der Waals surface area contributed by atoms with Gasteiger partial charge in [-0.15, -0.1) is 0 Å². The molecule has 0 unspecified atom stereocenters. The van der Waals surface area contributed by atoms with E-state index in [0.717, 1.165) is 0 Å². The SMILES string of the molecule is COc1cc(C(=O)/C=C/c2cn(C)c3c([N+](=O)[O-])cccc23)cc(OC)c1OC. The number of nitrogens with zero attached hydrogens (tertiary/aromatic N) is 2. The van der Waals surface area contributed by atoms with E-state index in [0.29, 0.717) is 39.3 Å². The molecule has 0 radical (unpaired) electrons. The van der Waals surface area contributed by atoms with Gasteiger partial charge in [-0.3, -0.25) is 14.9 Å². The molecule has 3 rings (SSSR count). The average molecular weight is 396 g/mol. The van der Waals surface area contributed by atoms with Gasteiger partial charge in [0, 0.05) is 35.8 Å². The molecular weight excluding hydrogens is 376 g/mol. The molecule has 1 aromatic heterocycles. The molecule has 0 saturated heterocycles. The normalized spacial score (nSPS) is 11.0. The molecule has 0 aliphatic carbocycles. The molecule has 0 bridgehead atoms. The summed E-state index contributed by atoms with van der Waals surface area (Å²) in [4.78, 5) is 23.6. The predicted octanol–water partition coefficient (Wildman–Crippen LogP) is 4.01. The molecular formula is C21H20N2O6. The fourth-order valence-corrected chi connectivity index (χ4v) is 3.24. The Hall–Kier alpha value is -3.81. The first-order chi connectivity index (χ1) is 13.9. The number of non-ortho nitro benzene ring substituents is 1. The van der Waals surface area contributed by atoms with E-state index in [9.17, 15) is 14.9 Å². The van der Waals surface area contributed by atoms with Crippen molar-refractivity contribution in [2.24, 2.45) is 7.05 Å². The van der Waals surface area contributed by atoms with Crippen molar-refractivity contribution >= 4 is 28.4 Å². The van der Waals surface area contributed by atoms with E-state index in [2.05, 4.69) is 0 Å². The molecule has 0 fully saturated rings. The highest BCUT2D eigenvalue weighted by Crippen LogP contribution is 2.38. The number of hydrogen-bond donors (Lipinski definition) is 0. The van der Waals surface area contributed by atoms with Crippen molar-refractivity contribution in [2.75, 3.05) is 21.3 Å². The number of allylic oxidation sites excluding steroid dienone is 1. The Balaban J connectivity index is 2.00. The Kier molecular flexibility index (Phi) is 5.54. The number of aromatic nitrogens is 1. The third-order valence-corrected chi connectivity index (χ3v) is 4.57. The van der Waals surface area contributed by atoms with Crippen molar-refractivity contribution < 1.29 is 23.9 Å².